The van der Waals surface area contributed by atoms with Crippen LogP contribution in [0.2, 0.25) is 5.02 Å². The van der Waals surface area contributed by atoms with E-state index in [9.17, 15) is 14.3 Å². The van der Waals surface area contributed by atoms with Crippen LogP contribution in [0.15, 0.2) is 51.7 Å². The predicted octanol–water partition coefficient (Wildman–Crippen LogP) is 4.61. The molecule has 0 saturated carbocycles. The molecule has 1 atom stereocenters. The van der Waals surface area contributed by atoms with Gasteiger partial charge >= 0.3 is 5.63 Å². The molecule has 1 aromatic heterocycles. The van der Waals surface area contributed by atoms with Crippen LogP contribution >= 0.6 is 11.6 Å². The Morgan fingerprint density at radius 3 is 2.69 bits per heavy atom. The van der Waals surface area contributed by atoms with Crippen molar-refractivity contribution in [2.24, 2.45) is 0 Å². The number of phenols is 1. The first-order chi connectivity index (χ1) is 13.9. The molecule has 0 radical (unpaired) electrons. The van der Waals surface area contributed by atoms with Crippen LogP contribution in [-0.4, -0.2) is 24.2 Å². The van der Waals surface area contributed by atoms with Crippen LogP contribution in [-0.2, 0) is 0 Å². The first kappa shape index (κ1) is 19.7. The van der Waals surface area contributed by atoms with E-state index in [0.29, 0.717) is 21.9 Å². The molecule has 7 heteroatoms. The quantitative estimate of drug-likeness (QED) is 0.608. The fourth-order valence-corrected chi connectivity index (χ4v) is 4.25. The lowest BCUT2D eigenvalue weighted by atomic mass is 9.97. The molecule has 5 nitrogen and oxygen atoms in total. The van der Waals surface area contributed by atoms with Crippen LogP contribution < -0.4 is 15.8 Å². The Labute approximate surface area is 172 Å². The second-order valence-corrected chi connectivity index (χ2v) is 7.80. The van der Waals surface area contributed by atoms with E-state index in [-0.39, 0.29) is 17.8 Å². The van der Waals surface area contributed by atoms with Gasteiger partial charge in [0.05, 0.1) is 11.7 Å². The number of rotatable bonds is 4. The Morgan fingerprint density at radius 2 is 1.97 bits per heavy atom. The number of phenolic OH excluding ortho intramolecular Hbond substituents is 1. The number of anilines is 1. The van der Waals surface area contributed by atoms with Crippen molar-refractivity contribution in [1.29, 1.82) is 0 Å². The normalized spacial score (nSPS) is 16.1. The maximum absolute atomic E-state index is 14.1. The lowest BCUT2D eigenvalue weighted by Gasteiger charge is -2.41. The van der Waals surface area contributed by atoms with Gasteiger partial charge in [-0.15, -0.1) is 0 Å². The van der Waals surface area contributed by atoms with E-state index in [1.54, 1.807) is 24.3 Å². The summed E-state index contributed by atoms with van der Waals surface area (Å²) in [6, 6.07) is 11.0. The fraction of sp³-hybridized carbons (Fsp3) is 0.318. The fourth-order valence-electron chi connectivity index (χ4n) is 4.08. The molecule has 1 aliphatic heterocycles. The third kappa shape index (κ3) is 3.95. The van der Waals surface area contributed by atoms with Crippen LogP contribution in [0.3, 0.4) is 0 Å². The van der Waals surface area contributed by atoms with Gasteiger partial charge in [-0.2, -0.15) is 0 Å². The summed E-state index contributed by atoms with van der Waals surface area (Å²) < 4.78 is 19.4. The van der Waals surface area contributed by atoms with Gasteiger partial charge in [-0.1, -0.05) is 17.7 Å². The zero-order valence-corrected chi connectivity index (χ0v) is 16.7. The lowest BCUT2D eigenvalue weighted by Crippen LogP contribution is -2.44. The zero-order valence-electron chi connectivity index (χ0n) is 16.0. The second kappa shape index (κ2) is 8.05. The number of halogens is 2. The van der Waals surface area contributed by atoms with Crippen LogP contribution in [0, 0.1) is 5.82 Å². The average molecular weight is 417 g/mol. The molecule has 0 amide bonds. The minimum Gasteiger partial charge on any atom is -0.505 e. The predicted molar refractivity (Wildman–Crippen MR) is 112 cm³/mol. The summed E-state index contributed by atoms with van der Waals surface area (Å²) in [4.78, 5) is 14.5. The Morgan fingerprint density at radius 1 is 1.21 bits per heavy atom. The summed E-state index contributed by atoms with van der Waals surface area (Å²) >= 11 is 6.23. The molecule has 4 rings (SSSR count). The number of fused-ring (bicyclic) bond motifs is 1. The van der Waals surface area contributed by atoms with Crippen molar-refractivity contribution in [2.45, 2.75) is 31.8 Å². The molecule has 0 spiro atoms. The smallest absolute Gasteiger partial charge is 0.338 e. The van der Waals surface area contributed by atoms with E-state index in [2.05, 4.69) is 10.2 Å². The highest BCUT2D eigenvalue weighted by Crippen LogP contribution is 2.37. The van der Waals surface area contributed by atoms with Crippen LogP contribution in [0.5, 0.6) is 5.75 Å². The topological polar surface area (TPSA) is 65.7 Å². The van der Waals surface area contributed by atoms with Crippen molar-refractivity contribution < 1.29 is 13.9 Å². The van der Waals surface area contributed by atoms with Crippen LogP contribution in [0.4, 0.5) is 10.1 Å². The van der Waals surface area contributed by atoms with Crippen molar-refractivity contribution in [2.75, 3.05) is 18.0 Å². The highest BCUT2D eigenvalue weighted by Gasteiger charge is 2.29. The minimum absolute atomic E-state index is 0.145. The van der Waals surface area contributed by atoms with Crippen molar-refractivity contribution >= 4 is 28.3 Å². The van der Waals surface area contributed by atoms with Gasteiger partial charge in [0, 0.05) is 22.5 Å². The molecule has 0 bridgehead atoms. The van der Waals surface area contributed by atoms with E-state index in [4.69, 9.17) is 16.0 Å². The molecule has 1 unspecified atom stereocenters. The van der Waals surface area contributed by atoms with Gasteiger partial charge in [0.1, 0.15) is 5.58 Å². The summed E-state index contributed by atoms with van der Waals surface area (Å²) in [6.07, 6.45) is 1.76. The Balaban J connectivity index is 1.89. The molecular weight excluding hydrogens is 395 g/mol. The number of aromatic hydroxyl groups is 1. The largest absolute Gasteiger partial charge is 0.505 e. The number of piperidine rings is 1. The van der Waals surface area contributed by atoms with Gasteiger partial charge in [-0.05, 0) is 68.8 Å². The molecule has 1 fully saturated rings. The number of nitrogens with one attached hydrogen (secondary N) is 1. The molecule has 1 saturated heterocycles. The van der Waals surface area contributed by atoms with Crippen molar-refractivity contribution in [3.8, 4) is 5.75 Å². The molecular formula is C22H22ClFN2O3. The third-order valence-electron chi connectivity index (χ3n) is 5.53. The van der Waals surface area contributed by atoms with Gasteiger partial charge in [0.2, 0.25) is 0 Å². The van der Waals surface area contributed by atoms with Crippen LogP contribution in [0.1, 0.15) is 31.4 Å². The summed E-state index contributed by atoms with van der Waals surface area (Å²) in [5.41, 5.74) is 1.44. The Kier molecular flexibility index (Phi) is 5.48. The highest BCUT2D eigenvalue weighted by atomic mass is 35.5. The van der Waals surface area contributed by atoms with Crippen molar-refractivity contribution in [1.82, 2.24) is 5.32 Å². The summed E-state index contributed by atoms with van der Waals surface area (Å²) in [6.45, 7) is 3.69. The molecule has 1 aliphatic rings. The first-order valence-electron chi connectivity index (χ1n) is 9.65. The SMILES string of the molecule is CC(c1ccc(O)c(F)c1)N(c1cc(=O)oc2ccc(Cl)cc12)C1CCNCC1. The highest BCUT2D eigenvalue weighted by molar-refractivity contribution is 6.31. The number of benzene rings is 2. The minimum atomic E-state index is -0.667. The first-order valence-corrected chi connectivity index (χ1v) is 10.0. The van der Waals surface area contributed by atoms with Gasteiger partial charge in [0.15, 0.2) is 11.6 Å². The molecule has 2 N–H and O–H groups in total. The average Bonchev–Trinajstić information content (AvgIpc) is 2.71. The summed E-state index contributed by atoms with van der Waals surface area (Å²) in [7, 11) is 0. The zero-order chi connectivity index (χ0) is 20.5. The van der Waals surface area contributed by atoms with Crippen molar-refractivity contribution in [3.63, 3.8) is 0 Å². The van der Waals surface area contributed by atoms with Gasteiger partial charge < -0.3 is 19.7 Å². The molecule has 2 heterocycles. The maximum atomic E-state index is 14.1. The third-order valence-corrected chi connectivity index (χ3v) is 5.77. The molecule has 3 aromatic rings. The van der Waals surface area contributed by atoms with E-state index < -0.39 is 11.4 Å². The lowest BCUT2D eigenvalue weighted by molar-refractivity contribution is 0.406. The Hall–Kier alpha value is -2.57. The molecule has 29 heavy (non-hydrogen) atoms. The van der Waals surface area contributed by atoms with E-state index in [1.807, 2.05) is 6.92 Å². The van der Waals surface area contributed by atoms with Crippen molar-refractivity contribution in [3.05, 3.63) is 69.3 Å². The number of hydrogen-bond acceptors (Lipinski definition) is 5. The van der Waals surface area contributed by atoms with E-state index in [0.717, 1.165) is 31.3 Å². The Bertz CT molecular complexity index is 1100. The van der Waals surface area contributed by atoms with Gasteiger partial charge in [-0.25, -0.2) is 9.18 Å². The molecule has 152 valence electrons. The van der Waals surface area contributed by atoms with Gasteiger partial charge in [0.25, 0.3) is 0 Å². The summed E-state index contributed by atoms with van der Waals surface area (Å²) in [5, 5.41) is 14.2. The second-order valence-electron chi connectivity index (χ2n) is 7.37. The van der Waals surface area contributed by atoms with Crippen LogP contribution in [0.25, 0.3) is 11.0 Å². The van der Waals surface area contributed by atoms with E-state index >= 15 is 0 Å². The number of nitrogens with zero attached hydrogens (tertiary/aromatic N) is 1. The maximum Gasteiger partial charge on any atom is 0.338 e. The number of hydrogen-bond donors (Lipinski definition) is 2. The summed E-state index contributed by atoms with van der Waals surface area (Å²) in [5.74, 6) is -1.05. The van der Waals surface area contributed by atoms with E-state index in [1.165, 1.54) is 18.2 Å². The standard InChI is InChI=1S/C22H22ClFN2O3/c1-13(14-2-4-20(27)18(24)10-14)26(16-6-8-25-9-7-16)19-12-22(28)29-21-5-3-15(23)11-17(19)21/h2-5,10-13,16,25,27H,6-9H2,1H3. The van der Waals surface area contributed by atoms with Gasteiger partial charge in [-0.3, -0.25) is 0 Å². The molecule has 2 aromatic carbocycles. The monoisotopic (exact) mass is 416 g/mol. The molecule has 0 aliphatic carbocycles.